The van der Waals surface area contributed by atoms with Gasteiger partial charge in [0.05, 0.1) is 5.41 Å². The Balaban J connectivity index is 1.47. The van der Waals surface area contributed by atoms with Crippen LogP contribution in [0.4, 0.5) is 5.82 Å². The van der Waals surface area contributed by atoms with E-state index in [4.69, 9.17) is 0 Å². The highest BCUT2D eigenvalue weighted by Gasteiger charge is 2.50. The zero-order valence-corrected chi connectivity index (χ0v) is 16.4. The summed E-state index contributed by atoms with van der Waals surface area (Å²) in [4.78, 5) is 36.4. The molecular formula is C22H26N4O2. The average molecular weight is 378 g/mol. The summed E-state index contributed by atoms with van der Waals surface area (Å²) in [5.74, 6) is 0.726. The Hall–Kier alpha value is -2.76. The molecule has 28 heavy (non-hydrogen) atoms. The molecule has 1 aliphatic heterocycles. The molecule has 2 amide bonds. The standard InChI is InChI=1S/C22H26N4O2/c1-15-8-11-23-19(13-15)26-12-10-22(21(26)28)9-4-6-17(14-22)25-20(27)18-7-3-5-16(2)24-18/h3,5,7-8,11,13,17H,4,6,9-10,12,14H2,1-2H3,(H,25,27)/t17-,22?/m0/s1. The van der Waals surface area contributed by atoms with E-state index in [1.165, 1.54) is 0 Å². The fourth-order valence-corrected chi connectivity index (χ4v) is 4.54. The molecule has 2 aromatic heterocycles. The lowest BCUT2D eigenvalue weighted by Gasteiger charge is -2.36. The molecule has 2 aromatic rings. The SMILES string of the molecule is Cc1ccnc(N2CCC3(CCC[C@H](NC(=O)c4cccc(C)n4)C3)C2=O)c1. The minimum absolute atomic E-state index is 0.00192. The molecule has 6 nitrogen and oxygen atoms in total. The van der Waals surface area contributed by atoms with Crippen molar-refractivity contribution < 1.29 is 9.59 Å². The Kier molecular flexibility index (Phi) is 4.87. The lowest BCUT2D eigenvalue weighted by atomic mass is 9.71. The molecule has 1 unspecified atom stereocenters. The van der Waals surface area contributed by atoms with Gasteiger partial charge in [-0.05, 0) is 69.4 Å². The van der Waals surface area contributed by atoms with Crippen LogP contribution in [0.3, 0.4) is 0 Å². The molecule has 1 N–H and O–H groups in total. The molecule has 0 bridgehead atoms. The molecular weight excluding hydrogens is 352 g/mol. The van der Waals surface area contributed by atoms with Crippen LogP contribution in [-0.2, 0) is 4.79 Å². The Labute approximate surface area is 165 Å². The quantitative estimate of drug-likeness (QED) is 0.890. The number of pyridine rings is 2. The number of anilines is 1. The first-order valence-corrected chi connectivity index (χ1v) is 9.96. The highest BCUT2D eigenvalue weighted by molar-refractivity contribution is 5.99. The fourth-order valence-electron chi connectivity index (χ4n) is 4.54. The van der Waals surface area contributed by atoms with E-state index < -0.39 is 0 Å². The number of nitrogens with one attached hydrogen (secondary N) is 1. The summed E-state index contributed by atoms with van der Waals surface area (Å²) >= 11 is 0. The maximum Gasteiger partial charge on any atom is 0.270 e. The third-order valence-corrected chi connectivity index (χ3v) is 5.99. The second-order valence-corrected chi connectivity index (χ2v) is 8.11. The van der Waals surface area contributed by atoms with Gasteiger partial charge in [-0.3, -0.25) is 14.5 Å². The van der Waals surface area contributed by atoms with E-state index in [9.17, 15) is 9.59 Å². The topological polar surface area (TPSA) is 75.2 Å². The van der Waals surface area contributed by atoms with Gasteiger partial charge in [0.1, 0.15) is 11.5 Å². The fraction of sp³-hybridized carbons (Fsp3) is 0.455. The van der Waals surface area contributed by atoms with E-state index in [1.807, 2.05) is 43.0 Å². The van der Waals surface area contributed by atoms with E-state index >= 15 is 0 Å². The van der Waals surface area contributed by atoms with E-state index in [-0.39, 0.29) is 23.3 Å². The van der Waals surface area contributed by atoms with Crippen molar-refractivity contribution in [1.82, 2.24) is 15.3 Å². The Morgan fingerprint density at radius 3 is 2.89 bits per heavy atom. The van der Waals surface area contributed by atoms with Crippen molar-refractivity contribution in [2.45, 2.75) is 52.0 Å². The molecule has 3 heterocycles. The van der Waals surface area contributed by atoms with Crippen molar-refractivity contribution in [2.24, 2.45) is 5.41 Å². The number of carbonyl (C=O) groups is 2. The van der Waals surface area contributed by atoms with Crippen LogP contribution in [0, 0.1) is 19.3 Å². The minimum Gasteiger partial charge on any atom is -0.348 e. The number of aromatic nitrogens is 2. The summed E-state index contributed by atoms with van der Waals surface area (Å²) in [5, 5.41) is 3.11. The predicted molar refractivity (Wildman–Crippen MR) is 107 cm³/mol. The molecule has 1 spiro atoms. The third kappa shape index (κ3) is 3.51. The monoisotopic (exact) mass is 378 g/mol. The largest absolute Gasteiger partial charge is 0.348 e. The number of hydrogen-bond acceptors (Lipinski definition) is 4. The second kappa shape index (κ2) is 7.34. The summed E-state index contributed by atoms with van der Waals surface area (Å²) in [7, 11) is 0. The first kappa shape index (κ1) is 18.6. The molecule has 0 radical (unpaired) electrons. The molecule has 1 saturated carbocycles. The van der Waals surface area contributed by atoms with E-state index in [2.05, 4.69) is 15.3 Å². The number of rotatable bonds is 3. The van der Waals surface area contributed by atoms with Gasteiger partial charge in [0.15, 0.2) is 0 Å². The summed E-state index contributed by atoms with van der Waals surface area (Å²) in [6.45, 7) is 4.57. The molecule has 2 fully saturated rings. The van der Waals surface area contributed by atoms with Crippen LogP contribution in [0.1, 0.15) is 53.8 Å². The van der Waals surface area contributed by atoms with Crippen molar-refractivity contribution in [2.75, 3.05) is 11.4 Å². The van der Waals surface area contributed by atoms with E-state index in [0.717, 1.165) is 42.8 Å². The van der Waals surface area contributed by atoms with E-state index in [0.29, 0.717) is 18.7 Å². The molecule has 146 valence electrons. The summed E-state index contributed by atoms with van der Waals surface area (Å²) in [5.41, 5.74) is 1.96. The number of amides is 2. The maximum atomic E-state index is 13.3. The van der Waals surface area contributed by atoms with Gasteiger partial charge in [0.25, 0.3) is 5.91 Å². The highest BCUT2D eigenvalue weighted by atomic mass is 16.2. The Morgan fingerprint density at radius 2 is 2.11 bits per heavy atom. The van der Waals surface area contributed by atoms with Crippen molar-refractivity contribution in [3.63, 3.8) is 0 Å². The van der Waals surface area contributed by atoms with E-state index in [1.54, 1.807) is 12.3 Å². The molecule has 2 atom stereocenters. The normalized spacial score (nSPS) is 24.6. The molecule has 0 aromatic carbocycles. The van der Waals surface area contributed by atoms with Crippen LogP contribution in [0.25, 0.3) is 0 Å². The van der Waals surface area contributed by atoms with Gasteiger partial charge in [0, 0.05) is 24.5 Å². The van der Waals surface area contributed by atoms with Crippen molar-refractivity contribution in [3.05, 3.63) is 53.5 Å². The Bertz CT molecular complexity index is 913. The van der Waals surface area contributed by atoms with Crippen LogP contribution in [0.5, 0.6) is 0 Å². The van der Waals surface area contributed by atoms with Crippen LogP contribution < -0.4 is 10.2 Å². The van der Waals surface area contributed by atoms with Crippen molar-refractivity contribution >= 4 is 17.6 Å². The van der Waals surface area contributed by atoms with Gasteiger partial charge in [0.2, 0.25) is 5.91 Å². The van der Waals surface area contributed by atoms with Crippen LogP contribution >= 0.6 is 0 Å². The Morgan fingerprint density at radius 1 is 1.25 bits per heavy atom. The summed E-state index contributed by atoms with van der Waals surface area (Å²) in [6.07, 6.45) is 5.97. The minimum atomic E-state index is -0.387. The van der Waals surface area contributed by atoms with Gasteiger partial charge in [-0.25, -0.2) is 9.97 Å². The highest BCUT2D eigenvalue weighted by Crippen LogP contribution is 2.45. The molecule has 2 aliphatic rings. The smallest absolute Gasteiger partial charge is 0.270 e. The lowest BCUT2D eigenvalue weighted by molar-refractivity contribution is -0.127. The van der Waals surface area contributed by atoms with Gasteiger partial charge in [-0.15, -0.1) is 0 Å². The van der Waals surface area contributed by atoms with Crippen molar-refractivity contribution in [1.29, 1.82) is 0 Å². The van der Waals surface area contributed by atoms with Crippen molar-refractivity contribution in [3.8, 4) is 0 Å². The number of carbonyl (C=O) groups excluding carboxylic acids is 2. The van der Waals surface area contributed by atoms with Gasteiger partial charge >= 0.3 is 0 Å². The number of aryl methyl sites for hydroxylation is 2. The van der Waals surface area contributed by atoms with Crippen LogP contribution in [0.2, 0.25) is 0 Å². The molecule has 6 heteroatoms. The molecule has 1 saturated heterocycles. The number of hydrogen-bond donors (Lipinski definition) is 1. The lowest BCUT2D eigenvalue weighted by Crippen LogP contribution is -2.46. The summed E-state index contributed by atoms with van der Waals surface area (Å²) in [6, 6.07) is 9.34. The van der Waals surface area contributed by atoms with Crippen LogP contribution in [0.15, 0.2) is 36.5 Å². The van der Waals surface area contributed by atoms with Gasteiger partial charge < -0.3 is 5.32 Å². The van der Waals surface area contributed by atoms with Crippen LogP contribution in [-0.4, -0.2) is 34.4 Å². The zero-order chi connectivity index (χ0) is 19.7. The number of nitrogens with zero attached hydrogens (tertiary/aromatic N) is 3. The molecule has 1 aliphatic carbocycles. The van der Waals surface area contributed by atoms with Gasteiger partial charge in [-0.1, -0.05) is 12.5 Å². The first-order valence-electron chi connectivity index (χ1n) is 9.96. The first-order chi connectivity index (χ1) is 13.5. The third-order valence-electron chi connectivity index (χ3n) is 5.99. The molecule has 4 rings (SSSR count). The second-order valence-electron chi connectivity index (χ2n) is 8.11. The summed E-state index contributed by atoms with van der Waals surface area (Å²) < 4.78 is 0. The average Bonchev–Trinajstić information content (AvgIpc) is 2.97. The zero-order valence-electron chi connectivity index (χ0n) is 16.4. The van der Waals surface area contributed by atoms with Gasteiger partial charge in [-0.2, -0.15) is 0 Å². The predicted octanol–water partition coefficient (Wildman–Crippen LogP) is 3.19. The maximum absolute atomic E-state index is 13.3.